The molecule has 3 heteroatoms. The summed E-state index contributed by atoms with van der Waals surface area (Å²) in [4.78, 5) is 12.4. The molecule has 5 rings (SSSR count). The van der Waals surface area contributed by atoms with Gasteiger partial charge < -0.3 is 5.32 Å². The molecule has 2 nitrogen and oxygen atoms in total. The minimum atomic E-state index is -0.00170. The fourth-order valence-corrected chi connectivity index (χ4v) is 6.10. The van der Waals surface area contributed by atoms with Gasteiger partial charge in [-0.05, 0) is 86.3 Å². The van der Waals surface area contributed by atoms with Crippen LogP contribution in [-0.2, 0) is 4.79 Å². The third-order valence-corrected chi connectivity index (χ3v) is 7.03. The molecule has 1 amide bonds. The number of carbonyl (C=O) groups excluding carboxylic acids is 1. The van der Waals surface area contributed by atoms with Crippen LogP contribution in [-0.4, -0.2) is 11.9 Å². The van der Waals surface area contributed by atoms with Crippen molar-refractivity contribution in [3.8, 4) is 0 Å². The maximum Gasteiger partial charge on any atom is 0.244 e. The molecular formula is C21H26ClNO. The molecule has 0 aromatic heterocycles. The van der Waals surface area contributed by atoms with Crippen LogP contribution in [0, 0.1) is 23.2 Å². The Morgan fingerprint density at radius 3 is 2.33 bits per heavy atom. The average Bonchev–Trinajstić information content (AvgIpc) is 2.53. The van der Waals surface area contributed by atoms with Gasteiger partial charge in [0, 0.05) is 17.1 Å². The number of carbonyl (C=O) groups is 1. The summed E-state index contributed by atoms with van der Waals surface area (Å²) in [7, 11) is 0. The fourth-order valence-electron chi connectivity index (χ4n) is 5.90. The molecule has 4 fully saturated rings. The Hall–Kier alpha value is -1.28. The number of nitrogens with one attached hydrogen (secondary N) is 1. The van der Waals surface area contributed by atoms with Gasteiger partial charge in [-0.3, -0.25) is 4.79 Å². The first-order chi connectivity index (χ1) is 11.5. The zero-order valence-corrected chi connectivity index (χ0v) is 15.1. The van der Waals surface area contributed by atoms with Crippen molar-refractivity contribution in [1.29, 1.82) is 0 Å². The zero-order valence-electron chi connectivity index (χ0n) is 14.3. The van der Waals surface area contributed by atoms with Gasteiger partial charge in [-0.15, -0.1) is 0 Å². The van der Waals surface area contributed by atoms with Crippen molar-refractivity contribution in [1.82, 2.24) is 5.32 Å². The van der Waals surface area contributed by atoms with Crippen LogP contribution in [0.25, 0.3) is 6.08 Å². The molecule has 0 radical (unpaired) electrons. The van der Waals surface area contributed by atoms with Crippen LogP contribution >= 0.6 is 11.6 Å². The Labute approximate surface area is 149 Å². The van der Waals surface area contributed by atoms with Crippen molar-refractivity contribution in [2.75, 3.05) is 0 Å². The second-order valence-electron chi connectivity index (χ2n) is 8.37. The fraction of sp³-hybridized carbons (Fsp3) is 0.571. The van der Waals surface area contributed by atoms with E-state index >= 15 is 0 Å². The maximum atomic E-state index is 12.4. The summed E-state index contributed by atoms with van der Waals surface area (Å²) in [6.45, 7) is 2.22. The molecule has 1 atom stereocenters. The average molecular weight is 344 g/mol. The van der Waals surface area contributed by atoms with E-state index in [9.17, 15) is 4.79 Å². The molecule has 24 heavy (non-hydrogen) atoms. The third kappa shape index (κ3) is 3.01. The highest BCUT2D eigenvalue weighted by molar-refractivity contribution is 6.32. The van der Waals surface area contributed by atoms with E-state index in [-0.39, 0.29) is 11.9 Å². The highest BCUT2D eigenvalue weighted by Crippen LogP contribution is 2.61. The first-order valence-electron chi connectivity index (χ1n) is 9.27. The number of rotatable bonds is 4. The van der Waals surface area contributed by atoms with Gasteiger partial charge in [0.1, 0.15) is 0 Å². The van der Waals surface area contributed by atoms with E-state index < -0.39 is 0 Å². The number of benzene rings is 1. The van der Waals surface area contributed by atoms with Crippen LogP contribution in [0.15, 0.2) is 30.3 Å². The lowest BCUT2D eigenvalue weighted by Crippen LogP contribution is -2.55. The molecule has 4 aliphatic carbocycles. The Balaban J connectivity index is 1.42. The second kappa shape index (κ2) is 6.22. The van der Waals surface area contributed by atoms with Gasteiger partial charge in [-0.2, -0.15) is 0 Å². The highest BCUT2D eigenvalue weighted by Gasteiger charge is 2.53. The molecule has 0 saturated heterocycles. The molecule has 4 aliphatic rings. The van der Waals surface area contributed by atoms with E-state index in [1.54, 1.807) is 6.08 Å². The molecule has 4 saturated carbocycles. The summed E-state index contributed by atoms with van der Waals surface area (Å²) < 4.78 is 0. The van der Waals surface area contributed by atoms with Gasteiger partial charge in [-0.25, -0.2) is 0 Å². The molecule has 0 aliphatic heterocycles. The van der Waals surface area contributed by atoms with Crippen molar-refractivity contribution >= 4 is 23.6 Å². The standard InChI is InChI=1S/C21H26ClNO/c1-14(21-11-15-8-16(12-21)10-17(9-15)13-21)23-20(24)7-6-18-4-2-3-5-19(18)22/h2-7,14-17H,8-13H2,1H3,(H,23,24). The number of hydrogen-bond acceptors (Lipinski definition) is 1. The van der Waals surface area contributed by atoms with E-state index in [1.807, 2.05) is 30.3 Å². The van der Waals surface area contributed by atoms with Gasteiger partial charge >= 0.3 is 0 Å². The van der Waals surface area contributed by atoms with Crippen LogP contribution in [0.4, 0.5) is 0 Å². The van der Waals surface area contributed by atoms with Crippen molar-refractivity contribution in [3.63, 3.8) is 0 Å². The Kier molecular flexibility index (Phi) is 4.20. The van der Waals surface area contributed by atoms with Gasteiger partial charge in [0.2, 0.25) is 5.91 Å². The van der Waals surface area contributed by atoms with Crippen molar-refractivity contribution in [2.24, 2.45) is 23.2 Å². The number of halogens is 1. The first kappa shape index (κ1) is 16.2. The minimum Gasteiger partial charge on any atom is -0.350 e. The molecule has 4 bridgehead atoms. The summed E-state index contributed by atoms with van der Waals surface area (Å²) in [5, 5.41) is 3.93. The first-order valence-corrected chi connectivity index (χ1v) is 9.65. The minimum absolute atomic E-state index is 0.00170. The molecule has 1 aromatic carbocycles. The van der Waals surface area contributed by atoms with Crippen LogP contribution in [0.2, 0.25) is 5.02 Å². The summed E-state index contributed by atoms with van der Waals surface area (Å²) in [5.41, 5.74) is 1.24. The van der Waals surface area contributed by atoms with Crippen molar-refractivity contribution in [3.05, 3.63) is 40.9 Å². The molecule has 1 unspecified atom stereocenters. The second-order valence-corrected chi connectivity index (χ2v) is 8.77. The van der Waals surface area contributed by atoms with Crippen LogP contribution in [0.1, 0.15) is 51.0 Å². The number of hydrogen-bond donors (Lipinski definition) is 1. The van der Waals surface area contributed by atoms with E-state index in [0.717, 1.165) is 23.3 Å². The Morgan fingerprint density at radius 1 is 1.17 bits per heavy atom. The summed E-state index contributed by atoms with van der Waals surface area (Å²) in [5.74, 6) is 2.73. The van der Waals surface area contributed by atoms with E-state index in [1.165, 1.54) is 38.5 Å². The zero-order chi connectivity index (χ0) is 16.7. The molecule has 128 valence electrons. The summed E-state index contributed by atoms with van der Waals surface area (Å²) in [6.07, 6.45) is 11.7. The molecule has 0 spiro atoms. The monoisotopic (exact) mass is 343 g/mol. The molecule has 0 heterocycles. The van der Waals surface area contributed by atoms with Crippen LogP contribution in [0.3, 0.4) is 0 Å². The van der Waals surface area contributed by atoms with Gasteiger partial charge in [-0.1, -0.05) is 29.8 Å². The summed E-state index contributed by atoms with van der Waals surface area (Å²) >= 11 is 6.14. The quantitative estimate of drug-likeness (QED) is 0.759. The predicted octanol–water partition coefficient (Wildman–Crippen LogP) is 5.07. The van der Waals surface area contributed by atoms with Gasteiger partial charge in [0.05, 0.1) is 0 Å². The van der Waals surface area contributed by atoms with Crippen LogP contribution < -0.4 is 5.32 Å². The van der Waals surface area contributed by atoms with Crippen molar-refractivity contribution < 1.29 is 4.79 Å². The molecular weight excluding hydrogens is 318 g/mol. The van der Waals surface area contributed by atoms with Gasteiger partial charge in [0.25, 0.3) is 0 Å². The normalized spacial score (nSPS) is 35.3. The maximum absolute atomic E-state index is 12.4. The Morgan fingerprint density at radius 2 is 1.75 bits per heavy atom. The summed E-state index contributed by atoms with van der Waals surface area (Å²) in [6, 6.07) is 7.86. The third-order valence-electron chi connectivity index (χ3n) is 6.68. The topological polar surface area (TPSA) is 29.1 Å². The lowest BCUT2D eigenvalue weighted by Gasteiger charge is -2.59. The highest BCUT2D eigenvalue weighted by atomic mass is 35.5. The number of amides is 1. The van der Waals surface area contributed by atoms with Crippen LogP contribution in [0.5, 0.6) is 0 Å². The SMILES string of the molecule is CC(NC(=O)C=Cc1ccccc1Cl)C12CC3CC(CC(C3)C1)C2. The molecule has 1 N–H and O–H groups in total. The lowest BCUT2D eigenvalue weighted by atomic mass is 9.48. The van der Waals surface area contributed by atoms with E-state index in [4.69, 9.17) is 11.6 Å². The lowest BCUT2D eigenvalue weighted by molar-refractivity contribution is -0.121. The Bertz CT molecular complexity index is 630. The van der Waals surface area contributed by atoms with Gasteiger partial charge in [0.15, 0.2) is 0 Å². The largest absolute Gasteiger partial charge is 0.350 e. The predicted molar refractivity (Wildman–Crippen MR) is 98.7 cm³/mol. The van der Waals surface area contributed by atoms with Crippen molar-refractivity contribution in [2.45, 2.75) is 51.5 Å². The van der Waals surface area contributed by atoms with E-state index in [2.05, 4.69) is 12.2 Å². The smallest absolute Gasteiger partial charge is 0.244 e. The van der Waals surface area contributed by atoms with E-state index in [0.29, 0.717) is 10.4 Å². The molecule has 1 aromatic rings.